The van der Waals surface area contributed by atoms with Crippen LogP contribution in [0.3, 0.4) is 0 Å². The summed E-state index contributed by atoms with van der Waals surface area (Å²) in [6.45, 7) is 3.21. The Morgan fingerprint density at radius 3 is 2.32 bits per heavy atom. The van der Waals surface area contributed by atoms with E-state index in [1.165, 1.54) is 0 Å². The maximum atomic E-state index is 11.4. The number of nitrogens with one attached hydrogen (secondary N) is 3. The number of carboxylic acids is 1. The van der Waals surface area contributed by atoms with Crippen molar-refractivity contribution in [2.45, 2.75) is 38.8 Å². The van der Waals surface area contributed by atoms with Crippen LogP contribution in [0.2, 0.25) is 0 Å². The second-order valence-electron chi connectivity index (χ2n) is 4.10. The van der Waals surface area contributed by atoms with E-state index in [0.717, 1.165) is 6.42 Å². The Kier molecular flexibility index (Phi) is 8.27. The zero-order valence-electron chi connectivity index (χ0n) is 11.1. The molecule has 0 radical (unpaired) electrons. The summed E-state index contributed by atoms with van der Waals surface area (Å²) in [4.78, 5) is 33.1. The van der Waals surface area contributed by atoms with Gasteiger partial charge in [0.05, 0.1) is 6.61 Å². The van der Waals surface area contributed by atoms with Gasteiger partial charge >= 0.3 is 12.0 Å². The van der Waals surface area contributed by atoms with Gasteiger partial charge in [0.15, 0.2) is 6.04 Å². The Morgan fingerprint density at radius 1 is 1.21 bits per heavy atom. The fraction of sp³-hybridized carbons (Fsp3) is 0.727. The van der Waals surface area contributed by atoms with Gasteiger partial charge in [0.25, 0.3) is 0 Å². The van der Waals surface area contributed by atoms with Crippen molar-refractivity contribution in [1.82, 2.24) is 16.0 Å². The minimum Gasteiger partial charge on any atom is -0.480 e. The summed E-state index contributed by atoms with van der Waals surface area (Å²) in [6.07, 6.45) is 0.922. The average molecular weight is 275 g/mol. The minimum atomic E-state index is -1.35. The van der Waals surface area contributed by atoms with Gasteiger partial charge in [0, 0.05) is 19.0 Å². The van der Waals surface area contributed by atoms with Crippen LogP contribution in [0.25, 0.3) is 0 Å². The quantitative estimate of drug-likeness (QED) is 0.389. The highest BCUT2D eigenvalue weighted by atomic mass is 16.4. The van der Waals surface area contributed by atoms with Crippen LogP contribution in [0.1, 0.15) is 26.7 Å². The van der Waals surface area contributed by atoms with Gasteiger partial charge in [0.1, 0.15) is 0 Å². The molecule has 2 unspecified atom stereocenters. The van der Waals surface area contributed by atoms with Crippen molar-refractivity contribution in [3.05, 3.63) is 0 Å². The number of aliphatic carboxylic acids is 1. The zero-order valence-corrected chi connectivity index (χ0v) is 11.1. The molecule has 0 aromatic rings. The topological polar surface area (TPSA) is 128 Å². The largest absolute Gasteiger partial charge is 0.480 e. The van der Waals surface area contributed by atoms with Crippen LogP contribution < -0.4 is 16.0 Å². The highest BCUT2D eigenvalue weighted by Crippen LogP contribution is 1.89. The lowest BCUT2D eigenvalue weighted by molar-refractivity contribution is -0.140. The van der Waals surface area contributed by atoms with E-state index >= 15 is 0 Å². The number of hydrogen-bond acceptors (Lipinski definition) is 4. The summed E-state index contributed by atoms with van der Waals surface area (Å²) in [6, 6.07) is -2.01. The predicted molar refractivity (Wildman–Crippen MR) is 67.6 cm³/mol. The van der Waals surface area contributed by atoms with Crippen LogP contribution in [0, 0.1) is 0 Å². The van der Waals surface area contributed by atoms with E-state index < -0.39 is 24.6 Å². The highest BCUT2D eigenvalue weighted by molar-refractivity contribution is 5.83. The van der Waals surface area contributed by atoms with Gasteiger partial charge in [-0.25, -0.2) is 9.59 Å². The summed E-state index contributed by atoms with van der Waals surface area (Å²) in [7, 11) is 0. The molecule has 0 aliphatic rings. The molecule has 19 heavy (non-hydrogen) atoms. The maximum absolute atomic E-state index is 11.4. The zero-order chi connectivity index (χ0) is 14.8. The first-order valence-corrected chi connectivity index (χ1v) is 6.08. The summed E-state index contributed by atoms with van der Waals surface area (Å²) in [5.41, 5.74) is 0. The van der Waals surface area contributed by atoms with Crippen molar-refractivity contribution < 1.29 is 24.6 Å². The SMILES string of the molecule is CCC(C)NC(=O)CCNC(=O)NC(CO)C(=O)O. The highest BCUT2D eigenvalue weighted by Gasteiger charge is 2.18. The molecule has 3 amide bonds. The molecule has 0 aliphatic heterocycles. The summed E-state index contributed by atoms with van der Waals surface area (Å²) in [5.74, 6) is -1.52. The van der Waals surface area contributed by atoms with Gasteiger partial charge in [-0.15, -0.1) is 0 Å². The first kappa shape index (κ1) is 17.2. The van der Waals surface area contributed by atoms with Crippen molar-refractivity contribution >= 4 is 17.9 Å². The van der Waals surface area contributed by atoms with Crippen LogP contribution in [0.15, 0.2) is 0 Å². The number of carboxylic acid groups (broad SMARTS) is 1. The Morgan fingerprint density at radius 2 is 1.84 bits per heavy atom. The Balaban J connectivity index is 3.85. The summed E-state index contributed by atoms with van der Waals surface area (Å²) in [5, 5.41) is 24.4. The first-order valence-electron chi connectivity index (χ1n) is 6.08. The maximum Gasteiger partial charge on any atom is 0.328 e. The number of aliphatic hydroxyl groups excluding tert-OH is 1. The number of urea groups is 1. The second-order valence-corrected chi connectivity index (χ2v) is 4.10. The molecule has 0 fully saturated rings. The summed E-state index contributed by atoms with van der Waals surface area (Å²) >= 11 is 0. The number of aliphatic hydroxyl groups is 1. The normalized spacial score (nSPS) is 13.2. The molecule has 8 nitrogen and oxygen atoms in total. The van der Waals surface area contributed by atoms with E-state index in [1.807, 2.05) is 13.8 Å². The van der Waals surface area contributed by atoms with Gasteiger partial charge in [-0.3, -0.25) is 4.79 Å². The van der Waals surface area contributed by atoms with Gasteiger partial charge in [-0.1, -0.05) is 6.92 Å². The number of amides is 3. The third-order valence-electron chi connectivity index (χ3n) is 2.44. The number of hydrogen-bond donors (Lipinski definition) is 5. The van der Waals surface area contributed by atoms with Crippen molar-refractivity contribution in [3.8, 4) is 0 Å². The predicted octanol–water partition coefficient (Wildman–Crippen LogP) is -0.964. The van der Waals surface area contributed by atoms with Crippen LogP contribution in [0.4, 0.5) is 4.79 Å². The van der Waals surface area contributed by atoms with E-state index in [4.69, 9.17) is 10.2 Å². The smallest absolute Gasteiger partial charge is 0.328 e. The molecular weight excluding hydrogens is 254 g/mol. The molecular formula is C11H21N3O5. The lowest BCUT2D eigenvalue weighted by Crippen LogP contribution is -2.48. The standard InChI is InChI=1S/C11H21N3O5/c1-3-7(2)13-9(16)4-5-12-11(19)14-8(6-15)10(17)18/h7-8,15H,3-6H2,1-2H3,(H,13,16)(H,17,18)(H2,12,14,19). The van der Waals surface area contributed by atoms with Gasteiger partial charge in [0.2, 0.25) is 5.91 Å². The molecule has 0 bridgehead atoms. The van der Waals surface area contributed by atoms with E-state index in [1.54, 1.807) is 0 Å². The molecule has 0 saturated carbocycles. The molecule has 5 N–H and O–H groups in total. The number of rotatable bonds is 8. The second kappa shape index (κ2) is 9.15. The molecule has 0 aliphatic carbocycles. The molecule has 0 aromatic heterocycles. The van der Waals surface area contributed by atoms with Crippen molar-refractivity contribution in [2.75, 3.05) is 13.2 Å². The van der Waals surface area contributed by atoms with Gasteiger partial charge < -0.3 is 26.2 Å². The number of carbonyl (C=O) groups is 3. The van der Waals surface area contributed by atoms with E-state index in [-0.39, 0.29) is 24.9 Å². The molecule has 8 heteroatoms. The van der Waals surface area contributed by atoms with Crippen molar-refractivity contribution in [3.63, 3.8) is 0 Å². The van der Waals surface area contributed by atoms with Gasteiger partial charge in [-0.05, 0) is 13.3 Å². The number of carbonyl (C=O) groups excluding carboxylic acids is 2. The third kappa shape index (κ3) is 7.98. The van der Waals surface area contributed by atoms with Gasteiger partial charge in [-0.2, -0.15) is 0 Å². The van der Waals surface area contributed by atoms with E-state index in [0.29, 0.717) is 0 Å². The van der Waals surface area contributed by atoms with Crippen LogP contribution in [-0.4, -0.2) is 53.4 Å². The van der Waals surface area contributed by atoms with Crippen molar-refractivity contribution in [2.24, 2.45) is 0 Å². The Bertz CT molecular complexity index is 321. The Hall–Kier alpha value is -1.83. The monoisotopic (exact) mass is 275 g/mol. The molecule has 0 spiro atoms. The lowest BCUT2D eigenvalue weighted by atomic mass is 10.2. The van der Waals surface area contributed by atoms with E-state index in [9.17, 15) is 14.4 Å². The molecule has 0 heterocycles. The fourth-order valence-corrected chi connectivity index (χ4v) is 1.13. The molecule has 0 saturated heterocycles. The Labute approximate surface area is 111 Å². The van der Waals surface area contributed by atoms with E-state index in [2.05, 4.69) is 16.0 Å². The van der Waals surface area contributed by atoms with Crippen LogP contribution in [0.5, 0.6) is 0 Å². The third-order valence-corrected chi connectivity index (χ3v) is 2.44. The first-order chi connectivity index (χ1) is 8.90. The molecule has 0 rings (SSSR count). The van der Waals surface area contributed by atoms with Crippen LogP contribution in [-0.2, 0) is 9.59 Å². The minimum absolute atomic E-state index is 0.0760. The lowest BCUT2D eigenvalue weighted by Gasteiger charge is -2.13. The fourth-order valence-electron chi connectivity index (χ4n) is 1.13. The summed E-state index contributed by atoms with van der Waals surface area (Å²) < 4.78 is 0. The molecule has 0 aromatic carbocycles. The van der Waals surface area contributed by atoms with Crippen LogP contribution >= 0.6 is 0 Å². The molecule has 2 atom stereocenters. The average Bonchev–Trinajstić information content (AvgIpc) is 2.35. The van der Waals surface area contributed by atoms with Crippen molar-refractivity contribution in [1.29, 1.82) is 0 Å². The molecule has 110 valence electrons.